The van der Waals surface area contributed by atoms with E-state index in [1.165, 1.54) is 5.56 Å². The van der Waals surface area contributed by atoms with Gasteiger partial charge >= 0.3 is 0 Å². The molecule has 3 aromatic rings. The van der Waals surface area contributed by atoms with Crippen LogP contribution in [-0.4, -0.2) is 23.0 Å². The van der Waals surface area contributed by atoms with E-state index in [4.69, 9.17) is 4.74 Å². The minimum Gasteiger partial charge on any atom is -0.489 e. The first kappa shape index (κ1) is 19.0. The van der Waals surface area contributed by atoms with E-state index in [1.807, 2.05) is 67.3 Å². The molecule has 0 saturated heterocycles. The predicted molar refractivity (Wildman–Crippen MR) is 116 cm³/mol. The summed E-state index contributed by atoms with van der Waals surface area (Å²) in [7, 11) is 0. The van der Waals surface area contributed by atoms with Crippen molar-refractivity contribution in [2.45, 2.75) is 39.3 Å². The molecule has 1 aliphatic rings. The van der Waals surface area contributed by atoms with Gasteiger partial charge in [-0.3, -0.25) is 4.79 Å². The topological polar surface area (TPSA) is 54.5 Å². The van der Waals surface area contributed by atoms with Gasteiger partial charge in [0.25, 0.3) is 5.91 Å². The molecule has 0 aliphatic carbocycles. The summed E-state index contributed by atoms with van der Waals surface area (Å²) in [4.78, 5) is 19.4. The third-order valence-electron chi connectivity index (χ3n) is 4.94. The number of hydrogen-bond donors (Lipinski definition) is 1. The van der Waals surface area contributed by atoms with Crippen molar-refractivity contribution < 1.29 is 9.53 Å². The number of amides is 1. The SMILES string of the molecule is CC(C)Oc1ccccc1Nc1ccc(C(=O)N2c3ccccc3CC2C)nc1. The van der Waals surface area contributed by atoms with Crippen LogP contribution in [-0.2, 0) is 6.42 Å². The molecule has 5 heteroatoms. The van der Waals surface area contributed by atoms with Crippen molar-refractivity contribution in [3.63, 3.8) is 0 Å². The average Bonchev–Trinajstić information content (AvgIpc) is 3.05. The molecule has 1 aromatic heterocycles. The number of anilines is 3. The van der Waals surface area contributed by atoms with Crippen LogP contribution >= 0.6 is 0 Å². The fraction of sp³-hybridized carbons (Fsp3) is 0.250. The molecule has 0 bridgehead atoms. The van der Waals surface area contributed by atoms with Crippen LogP contribution in [0.3, 0.4) is 0 Å². The summed E-state index contributed by atoms with van der Waals surface area (Å²) < 4.78 is 5.85. The number of hydrogen-bond acceptors (Lipinski definition) is 4. The fourth-order valence-corrected chi connectivity index (χ4v) is 3.67. The highest BCUT2D eigenvalue weighted by atomic mass is 16.5. The monoisotopic (exact) mass is 387 g/mol. The van der Waals surface area contributed by atoms with Crippen molar-refractivity contribution in [3.8, 4) is 5.75 Å². The summed E-state index contributed by atoms with van der Waals surface area (Å²) >= 11 is 0. The second-order valence-electron chi connectivity index (χ2n) is 7.58. The number of carbonyl (C=O) groups is 1. The number of ether oxygens (including phenoxy) is 1. The Hall–Kier alpha value is -3.34. The quantitative estimate of drug-likeness (QED) is 0.653. The number of benzene rings is 2. The fourth-order valence-electron chi connectivity index (χ4n) is 3.67. The maximum atomic E-state index is 13.1. The second kappa shape index (κ2) is 7.95. The van der Waals surface area contributed by atoms with Crippen LogP contribution in [0.5, 0.6) is 5.75 Å². The molecule has 0 spiro atoms. The van der Waals surface area contributed by atoms with Crippen molar-refractivity contribution in [2.75, 3.05) is 10.2 Å². The zero-order valence-corrected chi connectivity index (χ0v) is 16.9. The van der Waals surface area contributed by atoms with Crippen LogP contribution in [0.25, 0.3) is 0 Å². The molecular weight excluding hydrogens is 362 g/mol. The van der Waals surface area contributed by atoms with Crippen LogP contribution < -0.4 is 15.0 Å². The molecule has 1 aliphatic heterocycles. The van der Waals surface area contributed by atoms with Gasteiger partial charge in [-0.2, -0.15) is 0 Å². The third kappa shape index (κ3) is 3.94. The normalized spacial score (nSPS) is 15.3. The van der Waals surface area contributed by atoms with Gasteiger partial charge in [-0.15, -0.1) is 0 Å². The van der Waals surface area contributed by atoms with Crippen molar-refractivity contribution >= 4 is 23.0 Å². The van der Waals surface area contributed by atoms with E-state index in [0.29, 0.717) is 5.69 Å². The van der Waals surface area contributed by atoms with Crippen molar-refractivity contribution in [3.05, 3.63) is 78.1 Å². The molecule has 4 rings (SSSR count). The van der Waals surface area contributed by atoms with Gasteiger partial charge in [0.15, 0.2) is 0 Å². The van der Waals surface area contributed by atoms with E-state index < -0.39 is 0 Å². The van der Waals surface area contributed by atoms with Crippen LogP contribution in [0.1, 0.15) is 36.8 Å². The highest BCUT2D eigenvalue weighted by molar-refractivity contribution is 6.06. The first-order chi connectivity index (χ1) is 14.0. The molecule has 148 valence electrons. The zero-order valence-electron chi connectivity index (χ0n) is 16.9. The van der Waals surface area contributed by atoms with Gasteiger partial charge in [0, 0.05) is 11.7 Å². The summed E-state index contributed by atoms with van der Waals surface area (Å²) in [6.45, 7) is 6.06. The highest BCUT2D eigenvalue weighted by Crippen LogP contribution is 2.33. The molecule has 0 radical (unpaired) electrons. The molecule has 1 atom stereocenters. The Bertz CT molecular complexity index is 1010. The van der Waals surface area contributed by atoms with E-state index >= 15 is 0 Å². The molecule has 5 nitrogen and oxygen atoms in total. The molecule has 1 N–H and O–H groups in total. The largest absolute Gasteiger partial charge is 0.489 e. The standard InChI is InChI=1S/C24H25N3O2/c1-16(2)29-23-11-7-5-9-20(23)26-19-12-13-21(25-15-19)24(28)27-17(3)14-18-8-4-6-10-22(18)27/h4-13,15-17,26H,14H2,1-3H3. The minimum absolute atomic E-state index is 0.0717. The number of pyridine rings is 1. The Morgan fingerprint density at radius 3 is 2.62 bits per heavy atom. The summed E-state index contributed by atoms with van der Waals surface area (Å²) in [5.41, 5.74) is 4.29. The molecule has 2 heterocycles. The molecule has 0 fully saturated rings. The van der Waals surface area contributed by atoms with Gasteiger partial charge in [0.05, 0.1) is 23.7 Å². The van der Waals surface area contributed by atoms with E-state index in [9.17, 15) is 4.79 Å². The summed E-state index contributed by atoms with van der Waals surface area (Å²) in [5.74, 6) is 0.711. The van der Waals surface area contributed by atoms with Crippen LogP contribution in [0, 0.1) is 0 Å². The van der Waals surface area contributed by atoms with Crippen molar-refractivity contribution in [1.29, 1.82) is 0 Å². The maximum Gasteiger partial charge on any atom is 0.277 e. The summed E-state index contributed by atoms with van der Waals surface area (Å²) in [5, 5.41) is 3.33. The Labute approximate surface area is 171 Å². The van der Waals surface area contributed by atoms with Crippen molar-refractivity contribution in [1.82, 2.24) is 4.98 Å². The summed E-state index contributed by atoms with van der Waals surface area (Å²) in [6.07, 6.45) is 2.64. The molecule has 1 amide bonds. The number of aromatic nitrogens is 1. The van der Waals surface area contributed by atoms with Gasteiger partial charge in [-0.05, 0) is 63.1 Å². The Balaban J connectivity index is 1.53. The minimum atomic E-state index is -0.0717. The number of para-hydroxylation sites is 3. The summed E-state index contributed by atoms with van der Waals surface area (Å²) in [6, 6.07) is 19.6. The van der Waals surface area contributed by atoms with Gasteiger partial charge in [-0.1, -0.05) is 30.3 Å². The van der Waals surface area contributed by atoms with Crippen LogP contribution in [0.2, 0.25) is 0 Å². The third-order valence-corrected chi connectivity index (χ3v) is 4.94. The second-order valence-corrected chi connectivity index (χ2v) is 7.58. The van der Waals surface area contributed by atoms with Gasteiger partial charge in [0.1, 0.15) is 11.4 Å². The van der Waals surface area contributed by atoms with Gasteiger partial charge < -0.3 is 15.0 Å². The van der Waals surface area contributed by atoms with E-state index in [0.717, 1.165) is 29.2 Å². The number of rotatable bonds is 5. The molecule has 0 saturated carbocycles. The lowest BCUT2D eigenvalue weighted by Gasteiger charge is -2.22. The molecular formula is C24H25N3O2. The van der Waals surface area contributed by atoms with Gasteiger partial charge in [0.2, 0.25) is 0 Å². The number of nitrogens with zero attached hydrogens (tertiary/aromatic N) is 2. The van der Waals surface area contributed by atoms with Gasteiger partial charge in [-0.25, -0.2) is 4.98 Å². The molecule has 2 aromatic carbocycles. The maximum absolute atomic E-state index is 13.1. The Kier molecular flexibility index (Phi) is 5.21. The first-order valence-corrected chi connectivity index (χ1v) is 9.93. The predicted octanol–water partition coefficient (Wildman–Crippen LogP) is 5.20. The van der Waals surface area contributed by atoms with E-state index in [-0.39, 0.29) is 18.1 Å². The highest BCUT2D eigenvalue weighted by Gasteiger charge is 2.31. The Morgan fingerprint density at radius 2 is 1.86 bits per heavy atom. The first-order valence-electron chi connectivity index (χ1n) is 9.93. The number of carbonyl (C=O) groups excluding carboxylic acids is 1. The zero-order chi connectivity index (χ0) is 20.4. The lowest BCUT2D eigenvalue weighted by atomic mass is 10.1. The van der Waals surface area contributed by atoms with Crippen LogP contribution in [0.15, 0.2) is 66.9 Å². The average molecular weight is 387 g/mol. The number of fused-ring (bicyclic) bond motifs is 1. The van der Waals surface area contributed by atoms with Crippen molar-refractivity contribution in [2.24, 2.45) is 0 Å². The smallest absolute Gasteiger partial charge is 0.277 e. The molecule has 29 heavy (non-hydrogen) atoms. The lowest BCUT2D eigenvalue weighted by Crippen LogP contribution is -2.36. The van der Waals surface area contributed by atoms with E-state index in [1.54, 1.807) is 12.3 Å². The lowest BCUT2D eigenvalue weighted by molar-refractivity contribution is 0.0976. The Morgan fingerprint density at radius 1 is 1.10 bits per heavy atom. The molecule has 1 unspecified atom stereocenters. The van der Waals surface area contributed by atoms with E-state index in [2.05, 4.69) is 23.3 Å². The number of nitrogens with one attached hydrogen (secondary N) is 1. The van der Waals surface area contributed by atoms with Crippen LogP contribution in [0.4, 0.5) is 17.1 Å².